The molecule has 0 fully saturated rings. The number of hydrogen-bond donors (Lipinski definition) is 2. The molecule has 26 heavy (non-hydrogen) atoms. The molecule has 6 nitrogen and oxygen atoms in total. The maximum absolute atomic E-state index is 13.3. The summed E-state index contributed by atoms with van der Waals surface area (Å²) < 4.78 is 46.6. The number of alkyl halides is 3. The van der Waals surface area contributed by atoms with Crippen LogP contribution in [0.1, 0.15) is 34.9 Å². The van der Waals surface area contributed by atoms with Crippen molar-refractivity contribution in [2.45, 2.75) is 45.4 Å². The van der Waals surface area contributed by atoms with Gasteiger partial charge in [-0.15, -0.1) is 0 Å². The molecule has 0 radical (unpaired) electrons. The molecule has 0 unspecified atom stereocenters. The Morgan fingerprint density at radius 2 is 1.96 bits per heavy atom. The predicted molar refractivity (Wildman–Crippen MR) is 87.4 cm³/mol. The standard InChI is InChI=1S/C17H22F3N3O3/c1-10-5-6-14(26-10)16(25,17(18,19)20)7-8-21-15(24)9-13-11(2)22-23(4)12(13)3/h5-6,25H,7-9H2,1-4H3,(H,21,24)/t16-/m0/s1. The third kappa shape index (κ3) is 3.92. The van der Waals surface area contributed by atoms with Gasteiger partial charge in [0, 0.05) is 31.3 Å². The van der Waals surface area contributed by atoms with Crippen LogP contribution in [0.25, 0.3) is 0 Å². The van der Waals surface area contributed by atoms with E-state index in [1.54, 1.807) is 18.7 Å². The van der Waals surface area contributed by atoms with Gasteiger partial charge in [0.2, 0.25) is 11.5 Å². The van der Waals surface area contributed by atoms with Gasteiger partial charge in [-0.05, 0) is 32.9 Å². The number of aliphatic hydroxyl groups is 1. The Bertz CT molecular complexity index is 795. The van der Waals surface area contributed by atoms with Crippen molar-refractivity contribution in [2.75, 3.05) is 6.54 Å². The monoisotopic (exact) mass is 373 g/mol. The highest BCUT2D eigenvalue weighted by molar-refractivity contribution is 5.79. The Morgan fingerprint density at radius 3 is 2.42 bits per heavy atom. The normalized spacial score (nSPS) is 14.3. The molecule has 2 rings (SSSR count). The molecule has 144 valence electrons. The third-order valence-electron chi connectivity index (χ3n) is 4.42. The largest absolute Gasteiger partial charge is 0.463 e. The number of nitrogens with zero attached hydrogens (tertiary/aromatic N) is 2. The lowest BCUT2D eigenvalue weighted by atomic mass is 9.95. The SMILES string of the molecule is Cc1ccc([C@@](O)(CCNC(=O)Cc2c(C)nn(C)c2C)C(F)(F)F)o1. The van der Waals surface area contributed by atoms with Gasteiger partial charge in [0.1, 0.15) is 11.5 Å². The zero-order valence-electron chi connectivity index (χ0n) is 15.1. The van der Waals surface area contributed by atoms with Crippen molar-refractivity contribution < 1.29 is 27.5 Å². The molecule has 2 N–H and O–H groups in total. The average Bonchev–Trinajstić information content (AvgIpc) is 3.05. The van der Waals surface area contributed by atoms with E-state index < -0.39 is 29.9 Å². The van der Waals surface area contributed by atoms with Gasteiger partial charge in [-0.2, -0.15) is 18.3 Å². The topological polar surface area (TPSA) is 80.3 Å². The summed E-state index contributed by atoms with van der Waals surface area (Å²) in [5, 5.41) is 16.8. The second kappa shape index (κ2) is 7.14. The highest BCUT2D eigenvalue weighted by Gasteiger charge is 2.56. The molecule has 2 heterocycles. The summed E-state index contributed by atoms with van der Waals surface area (Å²) in [6.45, 7) is 4.70. The summed E-state index contributed by atoms with van der Waals surface area (Å²) in [4.78, 5) is 12.1. The molecule has 0 bridgehead atoms. The first kappa shape index (κ1) is 20.0. The number of carbonyl (C=O) groups is 1. The van der Waals surface area contributed by atoms with Gasteiger partial charge in [-0.1, -0.05) is 0 Å². The summed E-state index contributed by atoms with van der Waals surface area (Å²) in [5.41, 5.74) is -0.916. The molecule has 1 atom stereocenters. The minimum absolute atomic E-state index is 0.00974. The Labute approximate surface area is 149 Å². The molecule has 0 saturated carbocycles. The lowest BCUT2D eigenvalue weighted by Gasteiger charge is -2.28. The van der Waals surface area contributed by atoms with Crippen LogP contribution in [0.15, 0.2) is 16.5 Å². The number of hydrogen-bond acceptors (Lipinski definition) is 4. The van der Waals surface area contributed by atoms with E-state index in [0.29, 0.717) is 5.69 Å². The van der Waals surface area contributed by atoms with E-state index in [2.05, 4.69) is 10.4 Å². The Kier molecular flexibility index (Phi) is 5.50. The minimum atomic E-state index is -4.93. The molecule has 0 saturated heterocycles. The van der Waals surface area contributed by atoms with Gasteiger partial charge in [-0.25, -0.2) is 0 Å². The molecule has 0 aliphatic carbocycles. The average molecular weight is 373 g/mol. The van der Waals surface area contributed by atoms with Crippen LogP contribution in [0.3, 0.4) is 0 Å². The van der Waals surface area contributed by atoms with Crippen molar-refractivity contribution in [1.29, 1.82) is 0 Å². The molecule has 0 aromatic carbocycles. The summed E-state index contributed by atoms with van der Waals surface area (Å²) >= 11 is 0. The Morgan fingerprint density at radius 1 is 1.31 bits per heavy atom. The Balaban J connectivity index is 2.02. The van der Waals surface area contributed by atoms with Crippen LogP contribution < -0.4 is 5.32 Å². The fourth-order valence-corrected chi connectivity index (χ4v) is 2.74. The lowest BCUT2D eigenvalue weighted by molar-refractivity contribution is -0.274. The van der Waals surface area contributed by atoms with E-state index in [4.69, 9.17) is 4.42 Å². The molecule has 9 heteroatoms. The second-order valence-corrected chi connectivity index (χ2v) is 6.32. The molecule has 0 aliphatic rings. The van der Waals surface area contributed by atoms with Crippen LogP contribution in [-0.2, 0) is 23.9 Å². The van der Waals surface area contributed by atoms with E-state index in [1.165, 1.54) is 13.0 Å². The van der Waals surface area contributed by atoms with E-state index in [-0.39, 0.29) is 18.7 Å². The zero-order chi connectivity index (χ0) is 19.7. The number of amides is 1. The third-order valence-corrected chi connectivity index (χ3v) is 4.42. The van der Waals surface area contributed by atoms with Gasteiger partial charge < -0.3 is 14.8 Å². The van der Waals surface area contributed by atoms with Crippen molar-refractivity contribution in [1.82, 2.24) is 15.1 Å². The zero-order valence-corrected chi connectivity index (χ0v) is 15.1. The highest BCUT2D eigenvalue weighted by Crippen LogP contribution is 2.42. The van der Waals surface area contributed by atoms with Crippen LogP contribution in [0.2, 0.25) is 0 Å². The first-order valence-corrected chi connectivity index (χ1v) is 8.07. The van der Waals surface area contributed by atoms with E-state index in [9.17, 15) is 23.1 Å². The predicted octanol–water partition coefficient (Wildman–Crippen LogP) is 2.44. The fourth-order valence-electron chi connectivity index (χ4n) is 2.74. The van der Waals surface area contributed by atoms with Crippen LogP contribution in [0.5, 0.6) is 0 Å². The molecular weight excluding hydrogens is 351 g/mol. The minimum Gasteiger partial charge on any atom is -0.463 e. The van der Waals surface area contributed by atoms with Gasteiger partial charge in [0.05, 0.1) is 12.1 Å². The quantitative estimate of drug-likeness (QED) is 0.815. The van der Waals surface area contributed by atoms with Gasteiger partial charge in [0.25, 0.3) is 0 Å². The highest BCUT2D eigenvalue weighted by atomic mass is 19.4. The van der Waals surface area contributed by atoms with Gasteiger partial charge in [-0.3, -0.25) is 9.48 Å². The van der Waals surface area contributed by atoms with Gasteiger partial charge in [0.15, 0.2) is 0 Å². The maximum atomic E-state index is 13.3. The van der Waals surface area contributed by atoms with Crippen molar-refractivity contribution >= 4 is 5.91 Å². The number of rotatable bonds is 6. The van der Waals surface area contributed by atoms with Crippen molar-refractivity contribution in [3.63, 3.8) is 0 Å². The van der Waals surface area contributed by atoms with Crippen LogP contribution in [0, 0.1) is 20.8 Å². The van der Waals surface area contributed by atoms with Crippen LogP contribution in [-0.4, -0.2) is 33.5 Å². The van der Waals surface area contributed by atoms with Crippen LogP contribution >= 0.6 is 0 Å². The first-order valence-electron chi connectivity index (χ1n) is 8.07. The summed E-state index contributed by atoms with van der Waals surface area (Å²) in [6.07, 6.45) is -5.67. The van der Waals surface area contributed by atoms with Crippen molar-refractivity contribution in [2.24, 2.45) is 7.05 Å². The van der Waals surface area contributed by atoms with E-state index in [0.717, 1.165) is 17.3 Å². The van der Waals surface area contributed by atoms with Crippen molar-refractivity contribution in [3.05, 3.63) is 40.6 Å². The molecule has 0 spiro atoms. The fraction of sp³-hybridized carbons (Fsp3) is 0.529. The number of nitrogens with one attached hydrogen (secondary N) is 1. The number of carbonyl (C=O) groups excluding carboxylic acids is 1. The molecule has 2 aromatic heterocycles. The number of aryl methyl sites for hydroxylation is 3. The Hall–Kier alpha value is -2.29. The summed E-state index contributed by atoms with van der Waals surface area (Å²) in [7, 11) is 1.75. The molecule has 2 aromatic rings. The smallest absolute Gasteiger partial charge is 0.424 e. The van der Waals surface area contributed by atoms with Gasteiger partial charge >= 0.3 is 6.18 Å². The number of aromatic nitrogens is 2. The van der Waals surface area contributed by atoms with Crippen LogP contribution in [0.4, 0.5) is 13.2 Å². The molecule has 0 aliphatic heterocycles. The number of furan rings is 1. The van der Waals surface area contributed by atoms with Crippen molar-refractivity contribution in [3.8, 4) is 0 Å². The second-order valence-electron chi connectivity index (χ2n) is 6.32. The molecule has 1 amide bonds. The maximum Gasteiger partial charge on any atom is 0.424 e. The molecular formula is C17H22F3N3O3. The number of halogens is 3. The summed E-state index contributed by atoms with van der Waals surface area (Å²) in [5.74, 6) is -0.769. The van der Waals surface area contributed by atoms with E-state index >= 15 is 0 Å². The summed E-state index contributed by atoms with van der Waals surface area (Å²) in [6, 6.07) is 2.44. The lowest BCUT2D eigenvalue weighted by Crippen LogP contribution is -2.44. The first-order chi connectivity index (χ1) is 12.0. The van der Waals surface area contributed by atoms with E-state index in [1.807, 2.05) is 6.92 Å².